The number of carbonyl (C=O) groups excluding carboxylic acids is 1. The van der Waals surface area contributed by atoms with E-state index >= 15 is 0 Å². The van der Waals surface area contributed by atoms with Gasteiger partial charge in [0.05, 0.1) is 6.26 Å². The van der Waals surface area contributed by atoms with Crippen molar-refractivity contribution in [3.8, 4) is 0 Å². The molecule has 24 heavy (non-hydrogen) atoms. The molecule has 1 aromatic carbocycles. The summed E-state index contributed by atoms with van der Waals surface area (Å²) in [7, 11) is -3.13. The first-order valence-corrected chi connectivity index (χ1v) is 10.3. The number of hydrogen-bond donors (Lipinski definition) is 2. The monoisotopic (exact) mass is 353 g/mol. The van der Waals surface area contributed by atoms with Crippen LogP contribution in [0.25, 0.3) is 0 Å². The number of nitrogens with zero attached hydrogens (tertiary/aromatic N) is 1. The molecule has 2 rings (SSSR count). The van der Waals surface area contributed by atoms with Gasteiger partial charge in [0.25, 0.3) is 0 Å². The maximum Gasteiger partial charge on any atom is 0.315 e. The molecule has 1 aliphatic rings. The smallest absolute Gasteiger partial charge is 0.315 e. The van der Waals surface area contributed by atoms with Crippen LogP contribution in [0.3, 0.4) is 0 Å². The summed E-state index contributed by atoms with van der Waals surface area (Å²) in [5.74, 6) is 0. The third-order valence-electron chi connectivity index (χ3n) is 4.34. The normalized spacial score (nSPS) is 18.1. The van der Waals surface area contributed by atoms with Crippen LogP contribution >= 0.6 is 0 Å². The van der Waals surface area contributed by atoms with E-state index in [0.717, 1.165) is 12.8 Å². The van der Waals surface area contributed by atoms with E-state index in [1.54, 1.807) is 0 Å². The van der Waals surface area contributed by atoms with E-state index < -0.39 is 10.0 Å². The first-order chi connectivity index (χ1) is 11.3. The zero-order valence-corrected chi connectivity index (χ0v) is 15.2. The number of sulfonamides is 1. The molecule has 1 aliphatic heterocycles. The molecular weight excluding hydrogens is 326 g/mol. The van der Waals surface area contributed by atoms with Gasteiger partial charge in [0.15, 0.2) is 0 Å². The van der Waals surface area contributed by atoms with Crippen LogP contribution in [-0.2, 0) is 16.4 Å². The highest BCUT2D eigenvalue weighted by molar-refractivity contribution is 7.88. The molecule has 1 fully saturated rings. The lowest BCUT2D eigenvalue weighted by molar-refractivity contribution is 0.224. The van der Waals surface area contributed by atoms with Crippen molar-refractivity contribution in [2.75, 3.05) is 19.3 Å². The van der Waals surface area contributed by atoms with Crippen LogP contribution in [0, 0.1) is 0 Å². The van der Waals surface area contributed by atoms with Crippen LogP contribution in [0.2, 0.25) is 0 Å². The van der Waals surface area contributed by atoms with Crippen LogP contribution in [-0.4, -0.2) is 50.2 Å². The molecule has 0 aliphatic carbocycles. The summed E-state index contributed by atoms with van der Waals surface area (Å²) >= 11 is 0. The van der Waals surface area contributed by atoms with Gasteiger partial charge in [0.1, 0.15) is 0 Å². The van der Waals surface area contributed by atoms with E-state index in [4.69, 9.17) is 0 Å². The number of urea groups is 1. The van der Waals surface area contributed by atoms with Crippen molar-refractivity contribution in [1.82, 2.24) is 14.9 Å². The second kappa shape index (κ2) is 8.48. The Morgan fingerprint density at radius 3 is 2.46 bits per heavy atom. The molecule has 2 amide bonds. The third-order valence-corrected chi connectivity index (χ3v) is 5.65. The molecule has 2 N–H and O–H groups in total. The van der Waals surface area contributed by atoms with Crippen LogP contribution in [0.4, 0.5) is 4.79 Å². The zero-order valence-electron chi connectivity index (χ0n) is 14.4. The molecule has 0 aromatic heterocycles. The molecule has 1 aromatic rings. The predicted octanol–water partition coefficient (Wildman–Crippen LogP) is 1.73. The number of rotatable bonds is 6. The predicted molar refractivity (Wildman–Crippen MR) is 95.3 cm³/mol. The first kappa shape index (κ1) is 18.7. The van der Waals surface area contributed by atoms with Crippen molar-refractivity contribution >= 4 is 16.1 Å². The SMILES string of the molecule is C[C@@H](CCc1ccccc1)NC(=O)NC1CCN(S(C)(=O)=O)CC1. The Morgan fingerprint density at radius 1 is 1.25 bits per heavy atom. The van der Waals surface area contributed by atoms with Gasteiger partial charge in [-0.15, -0.1) is 0 Å². The fourth-order valence-corrected chi connectivity index (χ4v) is 3.76. The van der Waals surface area contributed by atoms with Gasteiger partial charge >= 0.3 is 6.03 Å². The number of hydrogen-bond acceptors (Lipinski definition) is 3. The minimum Gasteiger partial charge on any atom is -0.336 e. The molecule has 1 atom stereocenters. The molecule has 134 valence electrons. The summed E-state index contributed by atoms with van der Waals surface area (Å²) in [5.41, 5.74) is 1.26. The molecule has 7 heteroatoms. The third kappa shape index (κ3) is 6.13. The Hall–Kier alpha value is -1.60. The summed E-state index contributed by atoms with van der Waals surface area (Å²) in [6.07, 6.45) is 4.33. The van der Waals surface area contributed by atoms with Crippen molar-refractivity contribution in [1.29, 1.82) is 0 Å². The minimum atomic E-state index is -3.13. The summed E-state index contributed by atoms with van der Waals surface area (Å²) in [4.78, 5) is 12.1. The van der Waals surface area contributed by atoms with Crippen LogP contribution in [0.1, 0.15) is 31.7 Å². The highest BCUT2D eigenvalue weighted by atomic mass is 32.2. The van der Waals surface area contributed by atoms with Crippen molar-refractivity contribution < 1.29 is 13.2 Å². The average molecular weight is 353 g/mol. The lowest BCUT2D eigenvalue weighted by Crippen LogP contribution is -2.50. The van der Waals surface area contributed by atoms with Crippen LogP contribution < -0.4 is 10.6 Å². The number of nitrogens with one attached hydrogen (secondary N) is 2. The number of piperidine rings is 1. The van der Waals surface area contributed by atoms with Gasteiger partial charge in [-0.05, 0) is 38.2 Å². The Morgan fingerprint density at radius 2 is 1.88 bits per heavy atom. The van der Waals surface area contributed by atoms with Gasteiger partial charge in [0.2, 0.25) is 10.0 Å². The van der Waals surface area contributed by atoms with E-state index in [1.807, 2.05) is 25.1 Å². The fraction of sp³-hybridized carbons (Fsp3) is 0.588. The molecule has 0 unspecified atom stereocenters. The Kier molecular flexibility index (Phi) is 6.62. The van der Waals surface area contributed by atoms with Gasteiger partial charge in [-0.2, -0.15) is 0 Å². The van der Waals surface area contributed by atoms with E-state index in [1.165, 1.54) is 16.1 Å². The Labute approximate surface area is 144 Å². The summed E-state index contributed by atoms with van der Waals surface area (Å²) in [5, 5.41) is 5.91. The summed E-state index contributed by atoms with van der Waals surface area (Å²) in [6, 6.07) is 10.1. The highest BCUT2D eigenvalue weighted by Crippen LogP contribution is 2.13. The van der Waals surface area contributed by atoms with Crippen molar-refractivity contribution in [2.45, 2.75) is 44.7 Å². The van der Waals surface area contributed by atoms with Gasteiger partial charge in [0, 0.05) is 25.2 Å². The molecule has 1 saturated heterocycles. The Bertz CT molecular complexity index is 626. The highest BCUT2D eigenvalue weighted by Gasteiger charge is 2.25. The molecule has 6 nitrogen and oxygen atoms in total. The number of aryl methyl sites for hydroxylation is 1. The lowest BCUT2D eigenvalue weighted by atomic mass is 10.1. The fourth-order valence-electron chi connectivity index (χ4n) is 2.88. The van der Waals surface area contributed by atoms with Crippen LogP contribution in [0.15, 0.2) is 30.3 Å². The zero-order chi connectivity index (χ0) is 17.6. The van der Waals surface area contributed by atoms with E-state index in [0.29, 0.717) is 25.9 Å². The van der Waals surface area contributed by atoms with Crippen molar-refractivity contribution in [3.05, 3.63) is 35.9 Å². The topological polar surface area (TPSA) is 78.5 Å². The van der Waals surface area contributed by atoms with Gasteiger partial charge < -0.3 is 10.6 Å². The maximum absolute atomic E-state index is 12.1. The standard InChI is InChI=1S/C17H27N3O3S/c1-14(8-9-15-6-4-3-5-7-15)18-17(21)19-16-10-12-20(13-11-16)24(2,22)23/h3-7,14,16H,8-13H2,1-2H3,(H2,18,19,21)/t14-/m0/s1. The van der Waals surface area contributed by atoms with E-state index in [-0.39, 0.29) is 18.1 Å². The number of benzene rings is 1. The van der Waals surface area contributed by atoms with Gasteiger partial charge in [-0.25, -0.2) is 17.5 Å². The number of carbonyl (C=O) groups is 1. The molecule has 1 heterocycles. The van der Waals surface area contributed by atoms with Gasteiger partial charge in [-0.1, -0.05) is 30.3 Å². The average Bonchev–Trinajstić information content (AvgIpc) is 2.53. The largest absolute Gasteiger partial charge is 0.336 e. The van der Waals surface area contributed by atoms with E-state index in [2.05, 4.69) is 22.8 Å². The second-order valence-corrected chi connectivity index (χ2v) is 8.46. The molecular formula is C17H27N3O3S. The summed E-state index contributed by atoms with van der Waals surface area (Å²) in [6.45, 7) is 2.93. The molecule has 0 spiro atoms. The van der Waals surface area contributed by atoms with Crippen molar-refractivity contribution in [2.24, 2.45) is 0 Å². The first-order valence-electron chi connectivity index (χ1n) is 8.40. The van der Waals surface area contributed by atoms with Crippen LogP contribution in [0.5, 0.6) is 0 Å². The second-order valence-electron chi connectivity index (χ2n) is 6.48. The number of amides is 2. The summed E-state index contributed by atoms with van der Waals surface area (Å²) < 4.78 is 24.4. The lowest BCUT2D eigenvalue weighted by Gasteiger charge is -2.31. The van der Waals surface area contributed by atoms with E-state index in [9.17, 15) is 13.2 Å². The molecule has 0 bridgehead atoms. The minimum absolute atomic E-state index is 0.0318. The quantitative estimate of drug-likeness (QED) is 0.817. The Balaban J connectivity index is 1.68. The molecule has 0 radical (unpaired) electrons. The maximum atomic E-state index is 12.1. The van der Waals surface area contributed by atoms with Crippen molar-refractivity contribution in [3.63, 3.8) is 0 Å². The molecule has 0 saturated carbocycles. The van der Waals surface area contributed by atoms with Gasteiger partial charge in [-0.3, -0.25) is 0 Å².